The van der Waals surface area contributed by atoms with Crippen LogP contribution in [0.1, 0.15) is 6.42 Å². The third-order valence-corrected chi connectivity index (χ3v) is 4.43. The second-order valence-corrected chi connectivity index (χ2v) is 6.37. The number of aromatic nitrogens is 2. The summed E-state index contributed by atoms with van der Waals surface area (Å²) in [6.45, 7) is 0.0342. The van der Waals surface area contributed by atoms with Crippen LogP contribution in [0.4, 0.5) is 10.2 Å². The lowest BCUT2D eigenvalue weighted by molar-refractivity contribution is 0.290. The monoisotopic (exact) mass is 331 g/mol. The molecule has 0 saturated carbocycles. The van der Waals surface area contributed by atoms with Crippen molar-refractivity contribution in [2.24, 2.45) is 0 Å². The fraction of sp³-hybridized carbons (Fsp3) is 0.294. The van der Waals surface area contributed by atoms with E-state index in [0.29, 0.717) is 13.0 Å². The van der Waals surface area contributed by atoms with Gasteiger partial charge in [0.15, 0.2) is 0 Å². The zero-order chi connectivity index (χ0) is 16.2. The molecule has 0 amide bonds. The average molecular weight is 331 g/mol. The van der Waals surface area contributed by atoms with Crippen LogP contribution in [0.3, 0.4) is 0 Å². The van der Waals surface area contributed by atoms with Gasteiger partial charge in [-0.2, -0.15) is 0 Å². The van der Waals surface area contributed by atoms with Crippen molar-refractivity contribution in [3.05, 3.63) is 36.5 Å². The van der Waals surface area contributed by atoms with Crippen LogP contribution in [0.25, 0.3) is 20.8 Å². The van der Waals surface area contributed by atoms with Gasteiger partial charge in [0, 0.05) is 32.3 Å². The number of halogens is 1. The predicted molar refractivity (Wildman–Crippen MR) is 93.3 cm³/mol. The number of alkyl halides is 1. The van der Waals surface area contributed by atoms with Crippen molar-refractivity contribution in [1.82, 2.24) is 9.97 Å². The van der Waals surface area contributed by atoms with Gasteiger partial charge < -0.3 is 9.64 Å². The summed E-state index contributed by atoms with van der Waals surface area (Å²) in [6, 6.07) is 9.77. The summed E-state index contributed by atoms with van der Waals surface area (Å²) in [5, 5.41) is 0.929. The first kappa shape index (κ1) is 15.7. The topological polar surface area (TPSA) is 38.2 Å². The molecular formula is C17H18FN3OS. The van der Waals surface area contributed by atoms with Crippen LogP contribution < -0.4 is 9.64 Å². The molecule has 0 aliphatic rings. The van der Waals surface area contributed by atoms with E-state index in [4.69, 9.17) is 4.74 Å². The number of fused-ring (bicyclic) bond motifs is 1. The summed E-state index contributed by atoms with van der Waals surface area (Å²) in [7, 11) is 3.92. The van der Waals surface area contributed by atoms with Crippen LogP contribution in [0.15, 0.2) is 36.5 Å². The molecule has 2 aromatic heterocycles. The van der Waals surface area contributed by atoms with Gasteiger partial charge in [0.1, 0.15) is 16.6 Å². The average Bonchev–Trinajstić information content (AvgIpc) is 2.98. The number of hydrogen-bond acceptors (Lipinski definition) is 5. The zero-order valence-corrected chi connectivity index (χ0v) is 13.9. The summed E-state index contributed by atoms with van der Waals surface area (Å²) in [5.74, 6) is 1.67. The third kappa shape index (κ3) is 3.59. The Kier molecular flexibility index (Phi) is 4.71. The second-order valence-electron chi connectivity index (χ2n) is 5.34. The van der Waals surface area contributed by atoms with Crippen LogP contribution in [-0.4, -0.2) is 37.3 Å². The van der Waals surface area contributed by atoms with Gasteiger partial charge in [0.05, 0.1) is 23.5 Å². The highest BCUT2D eigenvalue weighted by Crippen LogP contribution is 2.32. The maximum Gasteiger partial charge on any atom is 0.127 e. The lowest BCUT2D eigenvalue weighted by atomic mass is 10.3. The highest BCUT2D eigenvalue weighted by molar-refractivity contribution is 7.21. The summed E-state index contributed by atoms with van der Waals surface area (Å²) in [6.07, 6.45) is 2.25. The van der Waals surface area contributed by atoms with E-state index in [0.717, 1.165) is 32.4 Å². The minimum Gasteiger partial charge on any atom is -0.493 e. The van der Waals surface area contributed by atoms with Crippen LogP contribution >= 0.6 is 11.3 Å². The molecule has 3 rings (SSSR count). The Morgan fingerprint density at radius 3 is 2.78 bits per heavy atom. The summed E-state index contributed by atoms with van der Waals surface area (Å²) in [5.41, 5.74) is 1.93. The first-order valence-electron chi connectivity index (χ1n) is 7.40. The molecule has 23 heavy (non-hydrogen) atoms. The minimum absolute atomic E-state index is 0.358. The number of nitrogens with zero attached hydrogens (tertiary/aromatic N) is 3. The van der Waals surface area contributed by atoms with Gasteiger partial charge in [-0.1, -0.05) is 0 Å². The predicted octanol–water partition coefficient (Wildman–Crippen LogP) is 4.16. The standard InChI is InChI=1S/C17H18FN3OS/c1-21(2)16-7-4-12(11-19-16)17-20-14-6-5-13(10-15(14)23-17)22-9-3-8-18/h4-7,10-11H,3,8-9H2,1-2H3. The van der Waals surface area contributed by atoms with Gasteiger partial charge in [0.25, 0.3) is 0 Å². The van der Waals surface area contributed by atoms with Crippen molar-refractivity contribution in [3.63, 3.8) is 0 Å². The normalized spacial score (nSPS) is 10.9. The molecule has 0 aliphatic heterocycles. The Balaban J connectivity index is 1.84. The van der Waals surface area contributed by atoms with Crippen molar-refractivity contribution < 1.29 is 9.13 Å². The molecule has 0 N–H and O–H groups in total. The van der Waals surface area contributed by atoms with Crippen LogP contribution in [0, 0.1) is 0 Å². The van der Waals surface area contributed by atoms with Gasteiger partial charge in [-0.3, -0.25) is 4.39 Å². The van der Waals surface area contributed by atoms with Crippen LogP contribution in [-0.2, 0) is 0 Å². The Morgan fingerprint density at radius 1 is 1.22 bits per heavy atom. The van der Waals surface area contributed by atoms with E-state index >= 15 is 0 Å². The van der Waals surface area contributed by atoms with E-state index in [2.05, 4.69) is 9.97 Å². The largest absolute Gasteiger partial charge is 0.493 e. The summed E-state index contributed by atoms with van der Waals surface area (Å²) >= 11 is 1.60. The Morgan fingerprint density at radius 2 is 2.09 bits per heavy atom. The van der Waals surface area contributed by atoms with Gasteiger partial charge >= 0.3 is 0 Å². The number of benzene rings is 1. The molecule has 0 atom stereocenters. The van der Waals surface area contributed by atoms with Crippen molar-refractivity contribution in [3.8, 4) is 16.3 Å². The lowest BCUT2D eigenvalue weighted by Crippen LogP contribution is -2.09. The van der Waals surface area contributed by atoms with E-state index < -0.39 is 0 Å². The molecule has 3 aromatic rings. The van der Waals surface area contributed by atoms with E-state index in [1.807, 2.05) is 55.5 Å². The number of pyridine rings is 1. The molecule has 0 unspecified atom stereocenters. The highest BCUT2D eigenvalue weighted by atomic mass is 32.1. The number of thiazole rings is 1. The quantitative estimate of drug-likeness (QED) is 0.636. The second kappa shape index (κ2) is 6.91. The van der Waals surface area contributed by atoms with Gasteiger partial charge in [0.2, 0.25) is 0 Å². The van der Waals surface area contributed by atoms with Gasteiger partial charge in [-0.15, -0.1) is 11.3 Å². The molecule has 0 fully saturated rings. The Labute approximate surface area is 138 Å². The van der Waals surface area contributed by atoms with E-state index in [1.54, 1.807) is 11.3 Å². The molecule has 6 heteroatoms. The van der Waals surface area contributed by atoms with Crippen molar-refractivity contribution in [2.75, 3.05) is 32.3 Å². The summed E-state index contributed by atoms with van der Waals surface area (Å²) < 4.78 is 18.7. The molecule has 0 saturated heterocycles. The molecular weight excluding hydrogens is 313 g/mol. The minimum atomic E-state index is -0.358. The first-order chi connectivity index (χ1) is 11.2. The number of hydrogen-bond donors (Lipinski definition) is 0. The Hall–Kier alpha value is -2.21. The smallest absolute Gasteiger partial charge is 0.127 e. The van der Waals surface area contributed by atoms with E-state index in [1.165, 1.54) is 0 Å². The zero-order valence-electron chi connectivity index (χ0n) is 13.1. The highest BCUT2D eigenvalue weighted by Gasteiger charge is 2.08. The van der Waals surface area contributed by atoms with Crippen LogP contribution in [0.2, 0.25) is 0 Å². The molecule has 0 radical (unpaired) electrons. The number of anilines is 1. The van der Waals surface area contributed by atoms with Gasteiger partial charge in [-0.05, 0) is 30.3 Å². The van der Waals surface area contributed by atoms with Gasteiger partial charge in [-0.25, -0.2) is 9.97 Å². The molecule has 0 bridgehead atoms. The number of rotatable bonds is 6. The third-order valence-electron chi connectivity index (χ3n) is 3.36. The molecule has 1 aromatic carbocycles. The summed E-state index contributed by atoms with van der Waals surface area (Å²) in [4.78, 5) is 11.0. The molecule has 0 aliphatic carbocycles. The Bertz CT molecular complexity index is 786. The van der Waals surface area contributed by atoms with Crippen LogP contribution in [0.5, 0.6) is 5.75 Å². The molecule has 2 heterocycles. The fourth-order valence-corrected chi connectivity index (χ4v) is 3.12. The lowest BCUT2D eigenvalue weighted by Gasteiger charge is -2.10. The molecule has 4 nitrogen and oxygen atoms in total. The first-order valence-corrected chi connectivity index (χ1v) is 8.22. The number of ether oxygens (including phenoxy) is 1. The van der Waals surface area contributed by atoms with Crippen molar-refractivity contribution in [1.29, 1.82) is 0 Å². The maximum atomic E-state index is 12.1. The molecule has 120 valence electrons. The van der Waals surface area contributed by atoms with E-state index in [-0.39, 0.29) is 6.67 Å². The molecule has 0 spiro atoms. The van der Waals surface area contributed by atoms with Crippen molar-refractivity contribution in [2.45, 2.75) is 6.42 Å². The van der Waals surface area contributed by atoms with E-state index in [9.17, 15) is 4.39 Å². The maximum absolute atomic E-state index is 12.1. The SMILES string of the molecule is CN(C)c1ccc(-c2nc3ccc(OCCCF)cc3s2)cn1. The van der Waals surface area contributed by atoms with Crippen molar-refractivity contribution >= 4 is 27.4 Å². The fourth-order valence-electron chi connectivity index (χ4n) is 2.14.